The molecular formula is C11H17N3. The highest BCUT2D eigenvalue weighted by Gasteiger charge is 2.25. The summed E-state index contributed by atoms with van der Waals surface area (Å²) in [5, 5.41) is 3.62. The molecule has 1 N–H and O–H groups in total. The highest BCUT2D eigenvalue weighted by molar-refractivity contribution is 5.09. The molecule has 3 heteroatoms. The Morgan fingerprint density at radius 3 is 3.21 bits per heavy atom. The quantitative estimate of drug-likeness (QED) is 0.785. The Balaban J connectivity index is 1.68. The second-order valence-corrected chi connectivity index (χ2v) is 4.53. The summed E-state index contributed by atoms with van der Waals surface area (Å²) in [5.41, 5.74) is 1.43. The molecule has 1 fully saturated rings. The van der Waals surface area contributed by atoms with Gasteiger partial charge in [-0.05, 0) is 25.7 Å². The fourth-order valence-corrected chi connectivity index (χ4v) is 2.32. The van der Waals surface area contributed by atoms with E-state index in [1.165, 1.54) is 31.4 Å². The molecule has 1 saturated carbocycles. The van der Waals surface area contributed by atoms with Crippen molar-refractivity contribution >= 4 is 0 Å². The average Bonchev–Trinajstić information content (AvgIpc) is 2.91. The summed E-state index contributed by atoms with van der Waals surface area (Å²) < 4.78 is 2.31. The molecule has 3 rings (SSSR count). The van der Waals surface area contributed by atoms with Crippen LogP contribution in [0.25, 0.3) is 0 Å². The fourth-order valence-electron chi connectivity index (χ4n) is 2.32. The number of aryl methyl sites for hydroxylation is 1. The Morgan fingerprint density at radius 2 is 2.36 bits per heavy atom. The largest absolute Gasteiger partial charge is 0.334 e. The van der Waals surface area contributed by atoms with E-state index in [2.05, 4.69) is 14.9 Å². The van der Waals surface area contributed by atoms with E-state index in [4.69, 9.17) is 0 Å². The summed E-state index contributed by atoms with van der Waals surface area (Å²) in [6.07, 6.45) is 9.40. The maximum absolute atomic E-state index is 4.23. The van der Waals surface area contributed by atoms with Gasteiger partial charge in [0.05, 0.1) is 6.33 Å². The van der Waals surface area contributed by atoms with Gasteiger partial charge < -0.3 is 9.88 Å². The van der Waals surface area contributed by atoms with Crippen LogP contribution in [-0.4, -0.2) is 22.1 Å². The van der Waals surface area contributed by atoms with Gasteiger partial charge in [-0.1, -0.05) is 0 Å². The zero-order valence-electron chi connectivity index (χ0n) is 8.45. The lowest BCUT2D eigenvalue weighted by molar-refractivity contribution is 0.432. The minimum absolute atomic E-state index is 0.701. The van der Waals surface area contributed by atoms with Crippen LogP contribution < -0.4 is 5.32 Å². The molecule has 14 heavy (non-hydrogen) atoms. The first-order valence-corrected chi connectivity index (χ1v) is 5.67. The van der Waals surface area contributed by atoms with Crippen LogP contribution in [0.15, 0.2) is 12.5 Å². The second kappa shape index (κ2) is 3.39. The van der Waals surface area contributed by atoms with Gasteiger partial charge in [-0.25, -0.2) is 4.98 Å². The third-order valence-electron chi connectivity index (χ3n) is 3.34. The number of hydrogen-bond acceptors (Lipinski definition) is 2. The molecule has 1 aromatic rings. The number of imidazole rings is 1. The zero-order chi connectivity index (χ0) is 9.38. The zero-order valence-corrected chi connectivity index (χ0v) is 8.45. The molecule has 0 bridgehead atoms. The van der Waals surface area contributed by atoms with Crippen molar-refractivity contribution in [1.29, 1.82) is 0 Å². The molecule has 1 aliphatic heterocycles. The predicted molar refractivity (Wildman–Crippen MR) is 55.2 cm³/mol. The van der Waals surface area contributed by atoms with Crippen molar-refractivity contribution in [2.75, 3.05) is 6.54 Å². The number of fused-ring (bicyclic) bond motifs is 1. The Morgan fingerprint density at radius 1 is 1.43 bits per heavy atom. The fraction of sp³-hybridized carbons (Fsp3) is 0.727. The van der Waals surface area contributed by atoms with Crippen molar-refractivity contribution in [3.63, 3.8) is 0 Å². The third-order valence-corrected chi connectivity index (χ3v) is 3.34. The van der Waals surface area contributed by atoms with Gasteiger partial charge in [-0.15, -0.1) is 0 Å². The van der Waals surface area contributed by atoms with Crippen LogP contribution in [0.1, 0.15) is 37.3 Å². The number of aromatic nitrogens is 2. The molecule has 1 aromatic heterocycles. The second-order valence-electron chi connectivity index (χ2n) is 4.53. The van der Waals surface area contributed by atoms with Crippen molar-refractivity contribution in [3.05, 3.63) is 18.2 Å². The molecule has 1 unspecified atom stereocenters. The number of hydrogen-bond donors (Lipinski definition) is 1. The van der Waals surface area contributed by atoms with E-state index in [0.717, 1.165) is 19.1 Å². The lowest BCUT2D eigenvalue weighted by atomic mass is 9.96. The lowest BCUT2D eigenvalue weighted by Gasteiger charge is -2.24. The molecule has 76 valence electrons. The Kier molecular flexibility index (Phi) is 2.05. The van der Waals surface area contributed by atoms with Crippen LogP contribution in [0, 0.1) is 0 Å². The van der Waals surface area contributed by atoms with Crippen molar-refractivity contribution < 1.29 is 0 Å². The maximum Gasteiger partial charge on any atom is 0.0948 e. The molecule has 0 aromatic carbocycles. The van der Waals surface area contributed by atoms with Crippen LogP contribution in [0.3, 0.4) is 0 Å². The highest BCUT2D eigenvalue weighted by Crippen LogP contribution is 2.27. The minimum Gasteiger partial charge on any atom is -0.334 e. The first-order valence-electron chi connectivity index (χ1n) is 5.67. The van der Waals surface area contributed by atoms with Gasteiger partial charge in [0.15, 0.2) is 0 Å². The van der Waals surface area contributed by atoms with E-state index in [1.54, 1.807) is 0 Å². The minimum atomic E-state index is 0.701. The molecule has 2 heterocycles. The molecule has 1 atom stereocenters. The molecule has 1 aliphatic carbocycles. The van der Waals surface area contributed by atoms with E-state index in [0.29, 0.717) is 5.92 Å². The Hall–Kier alpha value is -0.830. The number of rotatable bonds is 3. The Bertz CT molecular complexity index is 314. The maximum atomic E-state index is 4.23. The van der Waals surface area contributed by atoms with E-state index >= 15 is 0 Å². The van der Waals surface area contributed by atoms with E-state index in [-0.39, 0.29) is 0 Å². The molecular weight excluding hydrogens is 174 g/mol. The van der Waals surface area contributed by atoms with Gasteiger partial charge >= 0.3 is 0 Å². The number of nitrogens with one attached hydrogen (secondary N) is 1. The summed E-state index contributed by atoms with van der Waals surface area (Å²) in [7, 11) is 0. The third kappa shape index (κ3) is 1.57. The molecule has 0 spiro atoms. The molecule has 2 aliphatic rings. The van der Waals surface area contributed by atoms with E-state index in [1.807, 2.05) is 12.5 Å². The summed E-state index contributed by atoms with van der Waals surface area (Å²) in [6, 6.07) is 0.827. The van der Waals surface area contributed by atoms with Crippen LogP contribution in [0.5, 0.6) is 0 Å². The van der Waals surface area contributed by atoms with Crippen LogP contribution in [-0.2, 0) is 6.54 Å². The molecule has 0 amide bonds. The van der Waals surface area contributed by atoms with Crippen LogP contribution >= 0.6 is 0 Å². The normalized spacial score (nSPS) is 26.1. The van der Waals surface area contributed by atoms with Gasteiger partial charge in [-0.2, -0.15) is 0 Å². The van der Waals surface area contributed by atoms with Crippen molar-refractivity contribution in [2.45, 2.75) is 44.2 Å². The van der Waals surface area contributed by atoms with Crippen LogP contribution in [0.4, 0.5) is 0 Å². The summed E-state index contributed by atoms with van der Waals surface area (Å²) in [6.45, 7) is 2.31. The molecule has 0 saturated heterocycles. The van der Waals surface area contributed by atoms with Crippen LogP contribution in [0.2, 0.25) is 0 Å². The van der Waals surface area contributed by atoms with Gasteiger partial charge in [-0.3, -0.25) is 0 Å². The van der Waals surface area contributed by atoms with Gasteiger partial charge in [0.1, 0.15) is 0 Å². The molecule has 3 nitrogen and oxygen atoms in total. The summed E-state index contributed by atoms with van der Waals surface area (Å²) in [5.74, 6) is 0.701. The van der Waals surface area contributed by atoms with Crippen molar-refractivity contribution in [3.8, 4) is 0 Å². The lowest BCUT2D eigenvalue weighted by Crippen LogP contribution is -2.27. The van der Waals surface area contributed by atoms with E-state index in [9.17, 15) is 0 Å². The molecule has 0 radical (unpaired) electrons. The summed E-state index contributed by atoms with van der Waals surface area (Å²) in [4.78, 5) is 4.23. The summed E-state index contributed by atoms with van der Waals surface area (Å²) >= 11 is 0. The first-order chi connectivity index (χ1) is 6.93. The predicted octanol–water partition coefficient (Wildman–Crippen LogP) is 1.51. The van der Waals surface area contributed by atoms with Gasteiger partial charge in [0.2, 0.25) is 0 Å². The smallest absolute Gasteiger partial charge is 0.0948 e. The van der Waals surface area contributed by atoms with Crippen molar-refractivity contribution in [1.82, 2.24) is 14.9 Å². The van der Waals surface area contributed by atoms with Crippen molar-refractivity contribution in [2.24, 2.45) is 0 Å². The standard InChI is InChI=1S/C11H17N3/c1-2-9(6-13-10-3-4-10)11-7-12-8-14(11)5-1/h7-10,13H,1-6H2. The van der Waals surface area contributed by atoms with E-state index < -0.39 is 0 Å². The Labute approximate surface area is 84.5 Å². The highest BCUT2D eigenvalue weighted by atomic mass is 15.1. The topological polar surface area (TPSA) is 29.9 Å². The SMILES string of the molecule is c1ncn2c1C(CNC1CC1)CCC2. The average molecular weight is 191 g/mol. The van der Waals surface area contributed by atoms with Gasteiger partial charge in [0, 0.05) is 36.9 Å². The van der Waals surface area contributed by atoms with Gasteiger partial charge in [0.25, 0.3) is 0 Å². The number of nitrogens with zero attached hydrogens (tertiary/aromatic N) is 2. The monoisotopic (exact) mass is 191 g/mol. The first kappa shape index (κ1) is 8.48.